The first-order chi connectivity index (χ1) is 14.1. The van der Waals surface area contributed by atoms with Crippen LogP contribution in [-0.4, -0.2) is 12.1 Å². The number of hydrogen-bond acceptors (Lipinski definition) is 4. The number of nitrogens with zero attached hydrogens (tertiary/aromatic N) is 1. The van der Waals surface area contributed by atoms with Gasteiger partial charge in [-0.15, -0.1) is 0 Å². The Morgan fingerprint density at radius 1 is 0.966 bits per heavy atom. The molecule has 0 aliphatic heterocycles. The Morgan fingerprint density at radius 2 is 1.76 bits per heavy atom. The Hall–Kier alpha value is -3.24. The Morgan fingerprint density at radius 3 is 2.52 bits per heavy atom. The Balaban J connectivity index is 1.53. The van der Waals surface area contributed by atoms with Gasteiger partial charge in [0.05, 0.1) is 7.11 Å². The van der Waals surface area contributed by atoms with E-state index in [9.17, 15) is 0 Å². The van der Waals surface area contributed by atoms with E-state index in [1.54, 1.807) is 7.11 Å². The molecule has 0 bridgehead atoms. The fourth-order valence-electron chi connectivity index (χ4n) is 3.18. The first kappa shape index (κ1) is 19.1. The van der Waals surface area contributed by atoms with Gasteiger partial charge in [0.2, 0.25) is 0 Å². The molecule has 146 valence electrons. The van der Waals surface area contributed by atoms with Gasteiger partial charge in [-0.25, -0.2) is 4.98 Å². The molecule has 0 aliphatic rings. The monoisotopic (exact) mass is 404 g/mol. The van der Waals surface area contributed by atoms with Crippen LogP contribution in [0.4, 0.5) is 11.4 Å². The van der Waals surface area contributed by atoms with Crippen LogP contribution >= 0.6 is 11.6 Å². The standard InChI is InChI=1S/C24H21ClN2O2/c1-16-14-22(20-7-5-9-23(28-2)24(20)26-16)27-18-10-12-19(13-11-18)29-15-17-6-3-4-8-21(17)25/h3-14H,15H2,1-2H3,(H,26,27). The van der Waals surface area contributed by atoms with Crippen molar-refractivity contribution in [1.82, 2.24) is 4.98 Å². The number of anilines is 2. The van der Waals surface area contributed by atoms with Crippen molar-refractivity contribution in [2.45, 2.75) is 13.5 Å². The van der Waals surface area contributed by atoms with Gasteiger partial charge in [-0.05, 0) is 49.4 Å². The Labute approximate surface area is 175 Å². The number of methoxy groups -OCH3 is 1. The zero-order valence-electron chi connectivity index (χ0n) is 16.3. The lowest BCUT2D eigenvalue weighted by Crippen LogP contribution is -1.98. The average Bonchev–Trinajstić information content (AvgIpc) is 2.74. The summed E-state index contributed by atoms with van der Waals surface area (Å²) in [4.78, 5) is 4.63. The fraction of sp³-hybridized carbons (Fsp3) is 0.125. The summed E-state index contributed by atoms with van der Waals surface area (Å²) < 4.78 is 11.3. The van der Waals surface area contributed by atoms with Gasteiger partial charge >= 0.3 is 0 Å². The highest BCUT2D eigenvalue weighted by Gasteiger charge is 2.09. The first-order valence-corrected chi connectivity index (χ1v) is 9.69. The van der Waals surface area contributed by atoms with Crippen LogP contribution in [0.3, 0.4) is 0 Å². The molecule has 3 aromatic carbocycles. The lowest BCUT2D eigenvalue weighted by molar-refractivity contribution is 0.306. The van der Waals surface area contributed by atoms with E-state index in [-0.39, 0.29) is 0 Å². The highest BCUT2D eigenvalue weighted by atomic mass is 35.5. The number of benzene rings is 3. The highest BCUT2D eigenvalue weighted by molar-refractivity contribution is 6.31. The maximum atomic E-state index is 6.18. The molecule has 0 saturated carbocycles. The molecular weight excluding hydrogens is 384 g/mol. The summed E-state index contributed by atoms with van der Waals surface area (Å²) in [5.74, 6) is 1.55. The van der Waals surface area contributed by atoms with Crippen molar-refractivity contribution in [3.05, 3.63) is 89.1 Å². The van der Waals surface area contributed by atoms with Crippen LogP contribution in [0.1, 0.15) is 11.3 Å². The van der Waals surface area contributed by atoms with Crippen molar-refractivity contribution in [3.8, 4) is 11.5 Å². The van der Waals surface area contributed by atoms with Crippen LogP contribution in [0.25, 0.3) is 10.9 Å². The summed E-state index contributed by atoms with van der Waals surface area (Å²) in [5, 5.41) is 5.19. The molecule has 0 spiro atoms. The number of fused-ring (bicyclic) bond motifs is 1. The first-order valence-electron chi connectivity index (χ1n) is 9.32. The molecule has 4 rings (SSSR count). The number of aromatic nitrogens is 1. The molecule has 29 heavy (non-hydrogen) atoms. The molecule has 1 heterocycles. The summed E-state index contributed by atoms with van der Waals surface area (Å²) >= 11 is 6.18. The molecule has 5 heteroatoms. The minimum absolute atomic E-state index is 0.431. The normalized spacial score (nSPS) is 10.7. The zero-order chi connectivity index (χ0) is 20.2. The van der Waals surface area contributed by atoms with Gasteiger partial charge in [-0.2, -0.15) is 0 Å². The highest BCUT2D eigenvalue weighted by Crippen LogP contribution is 2.32. The Bertz CT molecular complexity index is 1140. The Kier molecular flexibility index (Phi) is 5.54. The van der Waals surface area contributed by atoms with E-state index < -0.39 is 0 Å². The molecule has 0 aliphatic carbocycles. The van der Waals surface area contributed by atoms with Crippen LogP contribution in [0.5, 0.6) is 11.5 Å². The van der Waals surface area contributed by atoms with Gasteiger partial charge in [0.25, 0.3) is 0 Å². The smallest absolute Gasteiger partial charge is 0.145 e. The van der Waals surface area contributed by atoms with Crippen molar-refractivity contribution in [2.24, 2.45) is 0 Å². The molecule has 1 N–H and O–H groups in total. The second-order valence-corrected chi connectivity index (χ2v) is 7.10. The average molecular weight is 405 g/mol. The van der Waals surface area contributed by atoms with Gasteiger partial charge in [0.15, 0.2) is 0 Å². The fourth-order valence-corrected chi connectivity index (χ4v) is 3.38. The molecule has 0 amide bonds. The van der Waals surface area contributed by atoms with Crippen LogP contribution in [0, 0.1) is 6.92 Å². The summed E-state index contributed by atoms with van der Waals surface area (Å²) in [6, 6.07) is 23.5. The number of nitrogens with one attached hydrogen (secondary N) is 1. The summed E-state index contributed by atoms with van der Waals surface area (Å²) in [6.07, 6.45) is 0. The molecule has 0 unspecified atom stereocenters. The maximum Gasteiger partial charge on any atom is 0.145 e. The minimum Gasteiger partial charge on any atom is -0.494 e. The van der Waals surface area contributed by atoms with Crippen molar-refractivity contribution in [3.63, 3.8) is 0 Å². The lowest BCUT2D eigenvalue weighted by Gasteiger charge is -2.13. The van der Waals surface area contributed by atoms with Gasteiger partial charge < -0.3 is 14.8 Å². The third kappa shape index (κ3) is 4.28. The number of halogens is 1. The maximum absolute atomic E-state index is 6.18. The minimum atomic E-state index is 0.431. The molecule has 0 atom stereocenters. The van der Waals surface area contributed by atoms with E-state index in [2.05, 4.69) is 10.3 Å². The molecule has 4 aromatic rings. The number of hydrogen-bond donors (Lipinski definition) is 1. The van der Waals surface area contributed by atoms with Gasteiger partial charge in [0, 0.05) is 33.0 Å². The molecule has 4 nitrogen and oxygen atoms in total. The second kappa shape index (κ2) is 8.41. The number of rotatable bonds is 6. The predicted octanol–water partition coefficient (Wildman–Crippen LogP) is 6.53. The molecule has 0 fully saturated rings. The van der Waals surface area contributed by atoms with E-state index in [1.165, 1.54) is 0 Å². The SMILES string of the molecule is COc1cccc2c(Nc3ccc(OCc4ccccc4Cl)cc3)cc(C)nc12. The zero-order valence-corrected chi connectivity index (χ0v) is 17.0. The van der Waals surface area contributed by atoms with Gasteiger partial charge in [-0.1, -0.05) is 41.9 Å². The van der Waals surface area contributed by atoms with E-state index in [0.717, 1.165) is 45.0 Å². The lowest BCUT2D eigenvalue weighted by atomic mass is 10.1. The largest absolute Gasteiger partial charge is 0.494 e. The van der Waals surface area contributed by atoms with Crippen LogP contribution in [-0.2, 0) is 6.61 Å². The number of para-hydroxylation sites is 1. The van der Waals surface area contributed by atoms with E-state index in [1.807, 2.05) is 79.7 Å². The summed E-state index contributed by atoms with van der Waals surface area (Å²) in [6.45, 7) is 2.41. The summed E-state index contributed by atoms with van der Waals surface area (Å²) in [7, 11) is 1.66. The van der Waals surface area contributed by atoms with Crippen molar-refractivity contribution in [2.75, 3.05) is 12.4 Å². The van der Waals surface area contributed by atoms with Crippen molar-refractivity contribution < 1.29 is 9.47 Å². The quantitative estimate of drug-likeness (QED) is 0.397. The van der Waals surface area contributed by atoms with Crippen LogP contribution in [0.15, 0.2) is 72.8 Å². The van der Waals surface area contributed by atoms with Gasteiger partial charge in [-0.3, -0.25) is 0 Å². The molecule has 0 radical (unpaired) electrons. The number of pyridine rings is 1. The molecule has 0 saturated heterocycles. The third-order valence-electron chi connectivity index (χ3n) is 4.64. The summed E-state index contributed by atoms with van der Waals surface area (Å²) in [5.41, 5.74) is 4.67. The number of aryl methyl sites for hydroxylation is 1. The topological polar surface area (TPSA) is 43.4 Å². The predicted molar refractivity (Wildman–Crippen MR) is 119 cm³/mol. The number of ether oxygens (including phenoxy) is 2. The van der Waals surface area contributed by atoms with Crippen LogP contribution in [0.2, 0.25) is 5.02 Å². The van der Waals surface area contributed by atoms with Crippen molar-refractivity contribution in [1.29, 1.82) is 0 Å². The van der Waals surface area contributed by atoms with Gasteiger partial charge in [0.1, 0.15) is 23.6 Å². The van der Waals surface area contributed by atoms with E-state index in [0.29, 0.717) is 11.6 Å². The third-order valence-corrected chi connectivity index (χ3v) is 5.00. The molecular formula is C24H21ClN2O2. The van der Waals surface area contributed by atoms with E-state index in [4.69, 9.17) is 21.1 Å². The van der Waals surface area contributed by atoms with Crippen LogP contribution < -0.4 is 14.8 Å². The van der Waals surface area contributed by atoms with Crippen molar-refractivity contribution >= 4 is 33.9 Å². The molecule has 1 aromatic heterocycles. The second-order valence-electron chi connectivity index (χ2n) is 6.70. The van der Waals surface area contributed by atoms with E-state index >= 15 is 0 Å².